The molecule has 1 aromatic heterocycles. The highest BCUT2D eigenvalue weighted by molar-refractivity contribution is 7.13. The van der Waals surface area contributed by atoms with Crippen LogP contribution in [0.2, 0.25) is 0 Å². The monoisotopic (exact) mass is 255 g/mol. The molecule has 7 heteroatoms. The summed E-state index contributed by atoms with van der Waals surface area (Å²) < 4.78 is 5.69. The highest BCUT2D eigenvalue weighted by Gasteiger charge is 2.38. The van der Waals surface area contributed by atoms with Crippen molar-refractivity contribution in [2.75, 3.05) is 24.6 Å². The van der Waals surface area contributed by atoms with E-state index in [0.29, 0.717) is 6.61 Å². The topological polar surface area (TPSA) is 88.1 Å². The van der Waals surface area contributed by atoms with Crippen LogP contribution in [0.5, 0.6) is 0 Å². The number of amidine groups is 1. The molecule has 0 unspecified atom stereocenters. The minimum atomic E-state index is -0.573. The zero-order chi connectivity index (χ0) is 12.3. The smallest absolute Gasteiger partial charge is 0.208 e. The van der Waals surface area contributed by atoms with Crippen molar-refractivity contribution in [2.24, 2.45) is 5.73 Å². The molecule has 1 fully saturated rings. The van der Waals surface area contributed by atoms with E-state index in [0.717, 1.165) is 31.1 Å². The molecule has 0 radical (unpaired) electrons. The summed E-state index contributed by atoms with van der Waals surface area (Å²) in [7, 11) is 0. The van der Waals surface area contributed by atoms with Crippen molar-refractivity contribution in [1.82, 2.24) is 10.2 Å². The lowest BCUT2D eigenvalue weighted by atomic mass is 9.90. The number of nitrogens with two attached hydrogens (primary N) is 1. The van der Waals surface area contributed by atoms with Gasteiger partial charge in [-0.25, -0.2) is 0 Å². The van der Waals surface area contributed by atoms with E-state index in [1.165, 1.54) is 11.3 Å². The van der Waals surface area contributed by atoms with Crippen molar-refractivity contribution in [3.63, 3.8) is 0 Å². The van der Waals surface area contributed by atoms with E-state index in [1.807, 2.05) is 6.92 Å². The summed E-state index contributed by atoms with van der Waals surface area (Å²) in [6.45, 7) is 4.11. The van der Waals surface area contributed by atoms with Gasteiger partial charge in [-0.3, -0.25) is 5.41 Å². The molecule has 1 aromatic rings. The molecule has 17 heavy (non-hydrogen) atoms. The zero-order valence-electron chi connectivity index (χ0n) is 9.85. The number of rotatable bonds is 4. The number of anilines is 1. The quantitative estimate of drug-likeness (QED) is 0.615. The average molecular weight is 255 g/mol. The van der Waals surface area contributed by atoms with Gasteiger partial charge in [0, 0.05) is 32.5 Å². The summed E-state index contributed by atoms with van der Waals surface area (Å²) in [6, 6.07) is 0. The maximum absolute atomic E-state index is 7.69. The van der Waals surface area contributed by atoms with Gasteiger partial charge >= 0.3 is 0 Å². The van der Waals surface area contributed by atoms with E-state index < -0.39 is 5.60 Å². The molecular weight excluding hydrogens is 238 g/mol. The number of ether oxygens (including phenoxy) is 1. The van der Waals surface area contributed by atoms with Crippen LogP contribution in [0, 0.1) is 5.41 Å². The van der Waals surface area contributed by atoms with Gasteiger partial charge in [-0.1, -0.05) is 11.3 Å². The molecule has 0 atom stereocenters. The highest BCUT2D eigenvalue weighted by Crippen LogP contribution is 2.29. The lowest BCUT2D eigenvalue weighted by molar-refractivity contribution is -0.00346. The second kappa shape index (κ2) is 4.97. The molecule has 1 saturated heterocycles. The number of nitrogens with zero attached hydrogens (tertiary/aromatic N) is 3. The van der Waals surface area contributed by atoms with E-state index in [1.54, 1.807) is 5.51 Å². The van der Waals surface area contributed by atoms with Crippen molar-refractivity contribution in [3.05, 3.63) is 5.51 Å². The van der Waals surface area contributed by atoms with Gasteiger partial charge in [0.15, 0.2) is 0 Å². The molecule has 1 aliphatic rings. The van der Waals surface area contributed by atoms with Crippen LogP contribution in [-0.2, 0) is 4.74 Å². The first-order chi connectivity index (χ1) is 8.18. The number of hydrogen-bond donors (Lipinski definition) is 2. The zero-order valence-corrected chi connectivity index (χ0v) is 10.7. The fourth-order valence-electron chi connectivity index (χ4n) is 2.13. The van der Waals surface area contributed by atoms with Crippen LogP contribution in [0.25, 0.3) is 0 Å². The summed E-state index contributed by atoms with van der Waals surface area (Å²) in [5, 5.41) is 16.5. The maximum Gasteiger partial charge on any atom is 0.208 e. The van der Waals surface area contributed by atoms with E-state index >= 15 is 0 Å². The van der Waals surface area contributed by atoms with Gasteiger partial charge in [0.2, 0.25) is 5.13 Å². The molecule has 0 amide bonds. The molecule has 2 rings (SSSR count). The Bertz CT molecular complexity index is 372. The van der Waals surface area contributed by atoms with Gasteiger partial charge in [0.1, 0.15) is 16.9 Å². The summed E-state index contributed by atoms with van der Waals surface area (Å²) in [5.74, 6) is 0.135. The third-order valence-electron chi connectivity index (χ3n) is 3.10. The highest BCUT2D eigenvalue weighted by atomic mass is 32.1. The Morgan fingerprint density at radius 2 is 2.35 bits per heavy atom. The Kier molecular flexibility index (Phi) is 3.58. The average Bonchev–Trinajstić information content (AvgIpc) is 2.83. The lowest BCUT2D eigenvalue weighted by Crippen LogP contribution is -2.53. The normalized spacial score (nSPS) is 19.2. The molecular formula is C10H17N5OS. The summed E-state index contributed by atoms with van der Waals surface area (Å²) in [6.07, 6.45) is 1.46. The molecule has 6 nitrogen and oxygen atoms in total. The van der Waals surface area contributed by atoms with Crippen molar-refractivity contribution >= 4 is 22.3 Å². The SMILES string of the molecule is CCOC1(C(=N)N)CCN(c2nncs2)CC1. The Hall–Kier alpha value is -1.21. The van der Waals surface area contributed by atoms with Gasteiger partial charge in [0.25, 0.3) is 0 Å². The largest absolute Gasteiger partial charge is 0.385 e. The van der Waals surface area contributed by atoms with Crippen LogP contribution in [-0.4, -0.2) is 41.3 Å². The van der Waals surface area contributed by atoms with Crippen molar-refractivity contribution in [2.45, 2.75) is 25.4 Å². The van der Waals surface area contributed by atoms with Crippen LogP contribution >= 0.6 is 11.3 Å². The number of nitrogens with one attached hydrogen (secondary N) is 1. The minimum absolute atomic E-state index is 0.135. The summed E-state index contributed by atoms with van der Waals surface area (Å²) >= 11 is 1.53. The lowest BCUT2D eigenvalue weighted by Gasteiger charge is -2.40. The van der Waals surface area contributed by atoms with Crippen molar-refractivity contribution < 1.29 is 4.74 Å². The third kappa shape index (κ3) is 2.39. The Labute approximate surface area is 104 Å². The predicted molar refractivity (Wildman–Crippen MR) is 67.6 cm³/mol. The first-order valence-electron chi connectivity index (χ1n) is 5.67. The molecule has 0 aromatic carbocycles. The van der Waals surface area contributed by atoms with Crippen LogP contribution < -0.4 is 10.6 Å². The Morgan fingerprint density at radius 1 is 1.65 bits per heavy atom. The molecule has 94 valence electrons. The second-order valence-corrected chi connectivity index (χ2v) is 4.86. The standard InChI is InChI=1S/C10H17N5OS/c1-2-16-10(8(11)12)3-5-15(6-4-10)9-14-13-7-17-9/h7H,2-6H2,1H3,(H3,11,12). The van der Waals surface area contributed by atoms with E-state index in [2.05, 4.69) is 15.1 Å². The van der Waals surface area contributed by atoms with Crippen molar-refractivity contribution in [1.29, 1.82) is 5.41 Å². The Morgan fingerprint density at radius 3 is 2.82 bits per heavy atom. The third-order valence-corrected chi connectivity index (χ3v) is 3.85. The molecule has 1 aliphatic heterocycles. The predicted octanol–water partition coefficient (Wildman–Crippen LogP) is 0.850. The second-order valence-electron chi connectivity index (χ2n) is 4.05. The summed E-state index contributed by atoms with van der Waals surface area (Å²) in [4.78, 5) is 2.16. The molecule has 2 heterocycles. The van der Waals surface area contributed by atoms with Gasteiger partial charge in [-0.15, -0.1) is 10.2 Å². The van der Waals surface area contributed by atoms with E-state index in [-0.39, 0.29) is 5.84 Å². The van der Waals surface area contributed by atoms with Crippen LogP contribution in [0.15, 0.2) is 5.51 Å². The van der Waals surface area contributed by atoms with Gasteiger partial charge in [0.05, 0.1) is 0 Å². The van der Waals surface area contributed by atoms with Crippen LogP contribution in [0.4, 0.5) is 5.13 Å². The van der Waals surface area contributed by atoms with Crippen molar-refractivity contribution in [3.8, 4) is 0 Å². The minimum Gasteiger partial charge on any atom is -0.385 e. The molecule has 0 bridgehead atoms. The van der Waals surface area contributed by atoms with E-state index in [4.69, 9.17) is 15.9 Å². The van der Waals surface area contributed by atoms with Crippen LogP contribution in [0.3, 0.4) is 0 Å². The Balaban J connectivity index is 2.03. The molecule has 3 N–H and O–H groups in total. The van der Waals surface area contributed by atoms with Gasteiger partial charge < -0.3 is 15.4 Å². The molecule has 0 saturated carbocycles. The number of piperidine rings is 1. The number of aromatic nitrogens is 2. The maximum atomic E-state index is 7.69. The first kappa shape index (κ1) is 12.3. The molecule has 0 aliphatic carbocycles. The van der Waals surface area contributed by atoms with Crippen LogP contribution in [0.1, 0.15) is 19.8 Å². The van der Waals surface area contributed by atoms with E-state index in [9.17, 15) is 0 Å². The fraction of sp³-hybridized carbons (Fsp3) is 0.700. The first-order valence-corrected chi connectivity index (χ1v) is 6.55. The number of hydrogen-bond acceptors (Lipinski definition) is 6. The van der Waals surface area contributed by atoms with Gasteiger partial charge in [-0.05, 0) is 6.92 Å². The summed E-state index contributed by atoms with van der Waals surface area (Å²) in [5.41, 5.74) is 6.82. The molecule has 0 spiro atoms. The fourth-order valence-corrected chi connectivity index (χ4v) is 2.75. The van der Waals surface area contributed by atoms with Gasteiger partial charge in [-0.2, -0.15) is 0 Å².